The predicted molar refractivity (Wildman–Crippen MR) is 108 cm³/mol. The lowest BCUT2D eigenvalue weighted by molar-refractivity contribution is -0.116. The lowest BCUT2D eigenvalue weighted by Crippen LogP contribution is -2.51. The minimum atomic E-state index is -3.75. The van der Waals surface area contributed by atoms with Crippen molar-refractivity contribution in [2.45, 2.75) is 13.0 Å². The molecule has 29 heavy (non-hydrogen) atoms. The molecule has 2 aromatic rings. The number of hydrogen-bond donors (Lipinski definition) is 1. The zero-order valence-corrected chi connectivity index (χ0v) is 17.1. The summed E-state index contributed by atoms with van der Waals surface area (Å²) in [5.74, 6) is 0.733. The first-order chi connectivity index (χ1) is 13.9. The smallest absolute Gasteiger partial charge is 0.282 e. The van der Waals surface area contributed by atoms with E-state index in [-0.39, 0.29) is 19.9 Å². The fraction of sp³-hybridized carbons (Fsp3) is 0.316. The Morgan fingerprint density at radius 3 is 2.69 bits per heavy atom. The lowest BCUT2D eigenvalue weighted by Gasteiger charge is -2.34. The Morgan fingerprint density at radius 2 is 1.86 bits per heavy atom. The molecule has 0 atom stereocenters. The molecule has 4 rings (SSSR count). The van der Waals surface area contributed by atoms with Crippen LogP contribution >= 0.6 is 11.6 Å². The van der Waals surface area contributed by atoms with Gasteiger partial charge in [0.2, 0.25) is 12.7 Å². The van der Waals surface area contributed by atoms with Crippen LogP contribution in [-0.4, -0.2) is 49.4 Å². The van der Waals surface area contributed by atoms with Gasteiger partial charge in [-0.05, 0) is 36.2 Å². The number of carbonyl (C=O) groups excluding carboxylic acids is 1. The van der Waals surface area contributed by atoms with Crippen molar-refractivity contribution in [1.29, 1.82) is 0 Å². The van der Waals surface area contributed by atoms with Gasteiger partial charge in [-0.1, -0.05) is 23.7 Å². The van der Waals surface area contributed by atoms with E-state index in [1.54, 1.807) is 36.4 Å². The number of hydrogen-bond acceptors (Lipinski definition) is 5. The third kappa shape index (κ3) is 4.48. The zero-order chi connectivity index (χ0) is 20.4. The van der Waals surface area contributed by atoms with E-state index < -0.39 is 16.1 Å². The normalized spacial score (nSPS) is 18.5. The number of fused-ring (bicyclic) bond motifs is 1. The van der Waals surface area contributed by atoms with Crippen molar-refractivity contribution in [3.05, 3.63) is 53.1 Å². The van der Waals surface area contributed by atoms with Crippen molar-refractivity contribution < 1.29 is 22.7 Å². The molecular formula is C19H20ClN3O5S. The van der Waals surface area contributed by atoms with Gasteiger partial charge in [-0.15, -0.1) is 0 Å². The molecule has 0 aromatic heterocycles. The summed E-state index contributed by atoms with van der Waals surface area (Å²) in [6, 6.07) is 12.1. The van der Waals surface area contributed by atoms with E-state index in [1.807, 2.05) is 6.07 Å². The molecule has 154 valence electrons. The zero-order valence-electron chi connectivity index (χ0n) is 15.5. The molecule has 10 heteroatoms. The second-order valence-corrected chi connectivity index (χ2v) is 9.14. The number of ether oxygens (including phenoxy) is 2. The average Bonchev–Trinajstić information content (AvgIpc) is 3.13. The van der Waals surface area contributed by atoms with Crippen molar-refractivity contribution in [1.82, 2.24) is 8.61 Å². The second-order valence-electron chi connectivity index (χ2n) is 6.77. The standard InChI is InChI=1S/C19H20ClN3O5S/c20-15-4-1-3-14(9-15)11-22-7-2-8-23(29(22,25)26)12-19(24)21-16-5-6-17-18(10-16)28-13-27-17/h1,3-6,9-10H,2,7-8,11-13H2,(H,21,24). The van der Waals surface area contributed by atoms with Crippen LogP contribution in [0.15, 0.2) is 42.5 Å². The van der Waals surface area contributed by atoms with E-state index in [0.29, 0.717) is 41.7 Å². The third-order valence-electron chi connectivity index (χ3n) is 4.69. The fourth-order valence-electron chi connectivity index (χ4n) is 3.31. The average molecular weight is 438 g/mol. The van der Waals surface area contributed by atoms with Crippen LogP contribution in [0.5, 0.6) is 11.5 Å². The summed E-state index contributed by atoms with van der Waals surface area (Å²) in [6.45, 7) is 0.783. The van der Waals surface area contributed by atoms with Gasteiger partial charge in [-0.3, -0.25) is 4.79 Å². The lowest BCUT2D eigenvalue weighted by atomic mass is 10.2. The maximum atomic E-state index is 12.9. The van der Waals surface area contributed by atoms with E-state index in [4.69, 9.17) is 21.1 Å². The van der Waals surface area contributed by atoms with Crippen molar-refractivity contribution >= 4 is 33.4 Å². The quantitative estimate of drug-likeness (QED) is 0.776. The molecule has 1 saturated heterocycles. The summed E-state index contributed by atoms with van der Waals surface area (Å²) in [7, 11) is -3.75. The Balaban J connectivity index is 1.41. The monoisotopic (exact) mass is 437 g/mol. The number of nitrogens with zero attached hydrogens (tertiary/aromatic N) is 2. The van der Waals surface area contributed by atoms with Crippen LogP contribution in [0.1, 0.15) is 12.0 Å². The molecule has 0 spiro atoms. The number of halogens is 1. The van der Waals surface area contributed by atoms with Gasteiger partial charge in [0.1, 0.15) is 0 Å². The van der Waals surface area contributed by atoms with E-state index in [2.05, 4.69) is 5.32 Å². The second kappa shape index (κ2) is 8.19. The molecule has 1 N–H and O–H groups in total. The minimum absolute atomic E-state index is 0.140. The van der Waals surface area contributed by atoms with Crippen LogP contribution < -0.4 is 14.8 Å². The number of anilines is 1. The molecule has 0 radical (unpaired) electrons. The van der Waals surface area contributed by atoms with Gasteiger partial charge >= 0.3 is 0 Å². The Labute approximate surface area is 174 Å². The molecule has 2 aliphatic heterocycles. The topological polar surface area (TPSA) is 88.2 Å². The van der Waals surface area contributed by atoms with Crippen molar-refractivity contribution in [2.75, 3.05) is 31.7 Å². The SMILES string of the molecule is O=C(CN1CCCN(Cc2cccc(Cl)c2)S1(=O)=O)Nc1ccc2c(c1)OCO2. The van der Waals surface area contributed by atoms with Crippen molar-refractivity contribution in [3.63, 3.8) is 0 Å². The highest BCUT2D eigenvalue weighted by Gasteiger charge is 2.34. The molecule has 2 aromatic carbocycles. The Bertz CT molecular complexity index is 1030. The first kappa shape index (κ1) is 20.0. The van der Waals surface area contributed by atoms with Crippen LogP contribution in [0.25, 0.3) is 0 Å². The molecular weight excluding hydrogens is 418 g/mol. The Hall–Kier alpha value is -2.33. The minimum Gasteiger partial charge on any atom is -0.454 e. The van der Waals surface area contributed by atoms with Gasteiger partial charge < -0.3 is 14.8 Å². The van der Waals surface area contributed by atoms with Crippen LogP contribution in [0.3, 0.4) is 0 Å². The molecule has 0 bridgehead atoms. The van der Waals surface area contributed by atoms with E-state index >= 15 is 0 Å². The van der Waals surface area contributed by atoms with Crippen molar-refractivity contribution in [3.8, 4) is 11.5 Å². The molecule has 0 unspecified atom stereocenters. The molecule has 0 aliphatic carbocycles. The van der Waals surface area contributed by atoms with Gasteiger partial charge in [-0.2, -0.15) is 17.0 Å². The molecule has 1 fully saturated rings. The number of amides is 1. The van der Waals surface area contributed by atoms with Crippen LogP contribution in [-0.2, 0) is 21.5 Å². The summed E-state index contributed by atoms with van der Waals surface area (Å²) in [4.78, 5) is 12.5. The number of nitrogens with one attached hydrogen (secondary N) is 1. The molecule has 2 heterocycles. The summed E-state index contributed by atoms with van der Waals surface area (Å²) in [6.07, 6.45) is 0.636. The maximum absolute atomic E-state index is 12.9. The van der Waals surface area contributed by atoms with E-state index in [9.17, 15) is 13.2 Å². The predicted octanol–water partition coefficient (Wildman–Crippen LogP) is 2.46. The highest BCUT2D eigenvalue weighted by Crippen LogP contribution is 2.34. The third-order valence-corrected chi connectivity index (χ3v) is 6.86. The van der Waals surface area contributed by atoms with Crippen LogP contribution in [0, 0.1) is 0 Å². The van der Waals surface area contributed by atoms with E-state index in [0.717, 1.165) is 5.56 Å². The molecule has 2 aliphatic rings. The van der Waals surface area contributed by atoms with Crippen LogP contribution in [0.4, 0.5) is 5.69 Å². The Morgan fingerprint density at radius 1 is 1.07 bits per heavy atom. The number of rotatable bonds is 5. The van der Waals surface area contributed by atoms with Gasteiger partial charge in [0, 0.05) is 36.4 Å². The fourth-order valence-corrected chi connectivity index (χ4v) is 5.16. The van der Waals surface area contributed by atoms with Crippen LogP contribution in [0.2, 0.25) is 5.02 Å². The summed E-state index contributed by atoms with van der Waals surface area (Å²) in [5.41, 5.74) is 1.32. The van der Waals surface area contributed by atoms with E-state index in [1.165, 1.54) is 8.61 Å². The summed E-state index contributed by atoms with van der Waals surface area (Å²) in [5, 5.41) is 3.26. The van der Waals surface area contributed by atoms with Gasteiger partial charge in [0.25, 0.3) is 10.2 Å². The van der Waals surface area contributed by atoms with Gasteiger partial charge in [0.05, 0.1) is 6.54 Å². The maximum Gasteiger partial charge on any atom is 0.282 e. The highest BCUT2D eigenvalue weighted by molar-refractivity contribution is 7.86. The summed E-state index contributed by atoms with van der Waals surface area (Å²) >= 11 is 6.00. The number of benzene rings is 2. The van der Waals surface area contributed by atoms with Crippen molar-refractivity contribution in [2.24, 2.45) is 0 Å². The largest absolute Gasteiger partial charge is 0.454 e. The van der Waals surface area contributed by atoms with Gasteiger partial charge in [-0.25, -0.2) is 0 Å². The molecule has 0 saturated carbocycles. The first-order valence-corrected chi connectivity index (χ1v) is 10.9. The molecule has 1 amide bonds. The molecule has 8 nitrogen and oxygen atoms in total. The highest BCUT2D eigenvalue weighted by atomic mass is 35.5. The first-order valence-electron chi connectivity index (χ1n) is 9.11. The van der Waals surface area contributed by atoms with Gasteiger partial charge in [0.15, 0.2) is 11.5 Å². The number of carbonyl (C=O) groups is 1. The summed E-state index contributed by atoms with van der Waals surface area (Å²) < 4.78 is 39.0. The Kier molecular flexibility index (Phi) is 5.64.